The molecule has 1 saturated heterocycles. The van der Waals surface area contributed by atoms with Crippen LogP contribution in [0.25, 0.3) is 0 Å². The zero-order valence-electron chi connectivity index (χ0n) is 17.2. The molecule has 0 spiro atoms. The molecule has 1 aliphatic heterocycles. The summed E-state index contributed by atoms with van der Waals surface area (Å²) in [5.74, 6) is -0.176. The van der Waals surface area contributed by atoms with Crippen molar-refractivity contribution in [3.63, 3.8) is 0 Å². The zero-order chi connectivity index (χ0) is 20.5. The van der Waals surface area contributed by atoms with Gasteiger partial charge in [-0.05, 0) is 67.9 Å². The largest absolute Gasteiger partial charge is 0.326 e. The molecule has 30 heavy (non-hydrogen) atoms. The van der Waals surface area contributed by atoms with E-state index < -0.39 is 0 Å². The van der Waals surface area contributed by atoms with Gasteiger partial charge in [-0.15, -0.1) is 12.4 Å². The third-order valence-corrected chi connectivity index (χ3v) is 5.19. The van der Waals surface area contributed by atoms with Crippen molar-refractivity contribution in [1.82, 2.24) is 4.90 Å². The molecule has 2 amide bonds. The average Bonchev–Trinajstić information content (AvgIpc) is 2.71. The molecule has 0 unspecified atom stereocenters. The second kappa shape index (κ2) is 12.3. The van der Waals surface area contributed by atoms with Crippen LogP contribution >= 0.6 is 12.4 Å². The van der Waals surface area contributed by atoms with Gasteiger partial charge >= 0.3 is 0 Å². The molecular weight excluding hydrogens is 400 g/mol. The lowest BCUT2D eigenvalue weighted by Crippen LogP contribution is -2.35. The van der Waals surface area contributed by atoms with Crippen LogP contribution in [0.3, 0.4) is 0 Å². The van der Waals surface area contributed by atoms with Gasteiger partial charge in [0.25, 0.3) is 5.91 Å². The van der Waals surface area contributed by atoms with Crippen LogP contribution in [0.2, 0.25) is 0 Å². The molecule has 0 saturated carbocycles. The topological polar surface area (TPSA) is 87.5 Å². The van der Waals surface area contributed by atoms with Crippen molar-refractivity contribution in [3.05, 3.63) is 59.7 Å². The number of amides is 2. The van der Waals surface area contributed by atoms with E-state index in [1.54, 1.807) is 36.4 Å². The van der Waals surface area contributed by atoms with Crippen molar-refractivity contribution < 1.29 is 9.59 Å². The highest BCUT2D eigenvalue weighted by Gasteiger charge is 2.12. The quantitative estimate of drug-likeness (QED) is 0.645. The maximum atomic E-state index is 12.3. The minimum atomic E-state index is -0.178. The minimum Gasteiger partial charge on any atom is -0.326 e. The number of benzene rings is 2. The molecule has 0 bridgehead atoms. The normalized spacial score (nSPS) is 14.7. The standard InChI is InChI=1S/C23H30N4O2.ClH/c24-16-18-6-8-19(9-7-18)23(29)26-21-12-10-20(11-13-21)25-22(28)17-27-14-4-2-1-3-5-15-27;/h6-13H,1-5,14-17,24H2,(H,25,28)(H,26,29);1H. The number of hydrogen-bond donors (Lipinski definition) is 3. The third kappa shape index (κ3) is 7.44. The highest BCUT2D eigenvalue weighted by Crippen LogP contribution is 2.16. The van der Waals surface area contributed by atoms with E-state index in [2.05, 4.69) is 15.5 Å². The third-order valence-electron chi connectivity index (χ3n) is 5.19. The summed E-state index contributed by atoms with van der Waals surface area (Å²) in [4.78, 5) is 26.9. The van der Waals surface area contributed by atoms with E-state index in [9.17, 15) is 9.59 Å². The number of carbonyl (C=O) groups is 2. The van der Waals surface area contributed by atoms with Crippen molar-refractivity contribution in [2.75, 3.05) is 30.3 Å². The predicted octanol–water partition coefficient (Wildman–Crippen LogP) is 4.02. The van der Waals surface area contributed by atoms with Crippen molar-refractivity contribution in [1.29, 1.82) is 0 Å². The molecule has 1 fully saturated rings. The van der Waals surface area contributed by atoms with Gasteiger partial charge < -0.3 is 16.4 Å². The second-order valence-corrected chi connectivity index (χ2v) is 7.52. The van der Waals surface area contributed by atoms with Gasteiger partial charge in [-0.25, -0.2) is 0 Å². The predicted molar refractivity (Wildman–Crippen MR) is 124 cm³/mol. The SMILES string of the molecule is Cl.NCc1ccc(C(=O)Nc2ccc(NC(=O)CN3CCCCCCC3)cc2)cc1. The Bertz CT molecular complexity index is 801. The van der Waals surface area contributed by atoms with Crippen molar-refractivity contribution in [2.24, 2.45) is 5.73 Å². The molecule has 0 aromatic heterocycles. The highest BCUT2D eigenvalue weighted by molar-refractivity contribution is 6.04. The summed E-state index contributed by atoms with van der Waals surface area (Å²) in [7, 11) is 0. The Labute approximate surface area is 184 Å². The molecule has 1 heterocycles. The van der Waals surface area contributed by atoms with Crippen molar-refractivity contribution in [3.8, 4) is 0 Å². The summed E-state index contributed by atoms with van der Waals surface area (Å²) in [6.07, 6.45) is 6.14. The number of nitrogens with one attached hydrogen (secondary N) is 2. The Hall–Kier alpha value is -2.41. The lowest BCUT2D eigenvalue weighted by Gasteiger charge is -2.23. The van der Waals surface area contributed by atoms with Crippen LogP contribution in [-0.2, 0) is 11.3 Å². The summed E-state index contributed by atoms with van der Waals surface area (Å²) in [5.41, 5.74) is 8.55. The van der Waals surface area contributed by atoms with Crippen molar-refractivity contribution >= 4 is 35.6 Å². The van der Waals surface area contributed by atoms with E-state index in [0.717, 1.165) is 37.2 Å². The maximum absolute atomic E-state index is 12.3. The first kappa shape index (κ1) is 23.9. The smallest absolute Gasteiger partial charge is 0.255 e. The summed E-state index contributed by atoms with van der Waals surface area (Å²) in [5, 5.41) is 5.81. The number of halogens is 1. The van der Waals surface area contributed by atoms with Gasteiger partial charge in [0.1, 0.15) is 0 Å². The van der Waals surface area contributed by atoms with E-state index in [0.29, 0.717) is 24.3 Å². The van der Waals surface area contributed by atoms with E-state index in [1.165, 1.54) is 19.3 Å². The van der Waals surface area contributed by atoms with Crippen LogP contribution in [-0.4, -0.2) is 36.3 Å². The summed E-state index contributed by atoms with van der Waals surface area (Å²) in [6.45, 7) is 2.86. The van der Waals surface area contributed by atoms with Crippen LogP contribution in [0.1, 0.15) is 48.0 Å². The van der Waals surface area contributed by atoms with Crippen LogP contribution in [0.15, 0.2) is 48.5 Å². The molecule has 4 N–H and O–H groups in total. The molecule has 2 aromatic carbocycles. The van der Waals surface area contributed by atoms with Crippen LogP contribution in [0, 0.1) is 0 Å². The zero-order valence-corrected chi connectivity index (χ0v) is 18.0. The Morgan fingerprint density at radius 2 is 1.33 bits per heavy atom. The number of carbonyl (C=O) groups excluding carboxylic acids is 2. The number of nitrogens with zero attached hydrogens (tertiary/aromatic N) is 1. The first-order chi connectivity index (χ1) is 14.1. The molecule has 6 nitrogen and oxygen atoms in total. The number of likely N-dealkylation sites (tertiary alicyclic amines) is 1. The van der Waals surface area contributed by atoms with Gasteiger partial charge in [-0.2, -0.15) is 0 Å². The minimum absolute atomic E-state index is 0. The van der Waals surface area contributed by atoms with Gasteiger partial charge in [0.15, 0.2) is 0 Å². The lowest BCUT2D eigenvalue weighted by molar-refractivity contribution is -0.117. The second-order valence-electron chi connectivity index (χ2n) is 7.52. The molecule has 162 valence electrons. The van der Waals surface area contributed by atoms with Gasteiger partial charge in [0.05, 0.1) is 6.54 Å². The number of nitrogens with two attached hydrogens (primary N) is 1. The average molecular weight is 431 g/mol. The molecule has 1 aliphatic rings. The van der Waals surface area contributed by atoms with E-state index in [1.807, 2.05) is 12.1 Å². The summed E-state index contributed by atoms with van der Waals surface area (Å²) in [6, 6.07) is 14.4. The number of anilines is 2. The number of hydrogen-bond acceptors (Lipinski definition) is 4. The van der Waals surface area contributed by atoms with E-state index in [-0.39, 0.29) is 24.2 Å². The van der Waals surface area contributed by atoms with Crippen molar-refractivity contribution in [2.45, 2.75) is 38.6 Å². The molecule has 0 aliphatic carbocycles. The first-order valence-corrected chi connectivity index (χ1v) is 10.4. The van der Waals surface area contributed by atoms with Gasteiger partial charge in [0, 0.05) is 23.5 Å². The van der Waals surface area contributed by atoms with Crippen LogP contribution < -0.4 is 16.4 Å². The van der Waals surface area contributed by atoms with Crippen LogP contribution in [0.5, 0.6) is 0 Å². The van der Waals surface area contributed by atoms with Gasteiger partial charge in [-0.3, -0.25) is 14.5 Å². The fourth-order valence-electron chi connectivity index (χ4n) is 3.51. The van der Waals surface area contributed by atoms with Gasteiger partial charge in [-0.1, -0.05) is 31.4 Å². The number of rotatable bonds is 6. The summed E-state index contributed by atoms with van der Waals surface area (Å²) < 4.78 is 0. The molecule has 0 radical (unpaired) electrons. The fraction of sp³-hybridized carbons (Fsp3) is 0.391. The van der Waals surface area contributed by atoms with E-state index >= 15 is 0 Å². The van der Waals surface area contributed by atoms with Gasteiger partial charge in [0.2, 0.25) is 5.91 Å². The monoisotopic (exact) mass is 430 g/mol. The molecular formula is C23H31ClN4O2. The Morgan fingerprint density at radius 3 is 1.90 bits per heavy atom. The maximum Gasteiger partial charge on any atom is 0.255 e. The molecule has 2 aromatic rings. The lowest BCUT2D eigenvalue weighted by atomic mass is 10.1. The Kier molecular flexibility index (Phi) is 9.80. The highest BCUT2D eigenvalue weighted by atomic mass is 35.5. The fourth-order valence-corrected chi connectivity index (χ4v) is 3.51. The van der Waals surface area contributed by atoms with E-state index in [4.69, 9.17) is 5.73 Å². The molecule has 7 heteroatoms. The molecule has 3 rings (SSSR count). The van der Waals surface area contributed by atoms with Crippen LogP contribution in [0.4, 0.5) is 11.4 Å². The summed E-state index contributed by atoms with van der Waals surface area (Å²) >= 11 is 0. The first-order valence-electron chi connectivity index (χ1n) is 10.4. The Balaban J connectivity index is 0.00000320. The molecule has 0 atom stereocenters. The Morgan fingerprint density at radius 1 is 0.800 bits per heavy atom.